The maximum atomic E-state index is 11.3. The average molecular weight is 313 g/mol. The van der Waals surface area contributed by atoms with Gasteiger partial charge in [0.05, 0.1) is 11.2 Å². The Morgan fingerprint density at radius 1 is 1.25 bits per heavy atom. The van der Waals surface area contributed by atoms with Gasteiger partial charge in [-0.2, -0.15) is 0 Å². The quantitative estimate of drug-likeness (QED) is 0.757. The smallest absolute Gasteiger partial charge is 0.0548 e. The van der Waals surface area contributed by atoms with Gasteiger partial charge in [0.2, 0.25) is 0 Å². The normalized spacial score (nSPS) is 17.9. The van der Waals surface area contributed by atoms with Gasteiger partial charge in [-0.05, 0) is 63.2 Å². The molecular weight excluding hydrogens is 294 g/mol. The van der Waals surface area contributed by atoms with Gasteiger partial charge in [0.15, 0.2) is 0 Å². The summed E-state index contributed by atoms with van der Waals surface area (Å²) in [6.45, 7) is 3.01. The zero-order valence-corrected chi connectivity index (χ0v) is 13.0. The molecule has 0 amide bonds. The molecule has 1 aromatic rings. The molecule has 0 bridgehead atoms. The largest absolute Gasteiger partial charge is 0.549 e. The van der Waals surface area contributed by atoms with Crippen LogP contribution < -0.4 is 5.11 Å². The van der Waals surface area contributed by atoms with Crippen LogP contribution in [0.5, 0.6) is 0 Å². The topological polar surface area (TPSA) is 43.4 Å². The number of carbonyl (C=O) groups is 1. The Morgan fingerprint density at radius 3 is 2.50 bits per heavy atom. The molecule has 1 aliphatic rings. The summed E-state index contributed by atoms with van der Waals surface area (Å²) in [4.78, 5) is 14.5. The van der Waals surface area contributed by atoms with E-state index in [1.807, 2.05) is 12.1 Å². The number of nitrogens with zero attached hydrogens (tertiary/aromatic N) is 1. The molecule has 3 nitrogen and oxygen atoms in total. The molecule has 0 aliphatic carbocycles. The third kappa shape index (κ3) is 5.00. The highest BCUT2D eigenvalue weighted by atomic mass is 35.5. The molecule has 1 fully saturated rings. The molecule has 1 aliphatic heterocycles. The second kappa shape index (κ2) is 7.91. The summed E-state index contributed by atoms with van der Waals surface area (Å²) in [7, 11) is 0. The molecule has 1 unspecified atom stereocenters. The number of aliphatic carboxylic acids is 1. The van der Waals surface area contributed by atoms with Gasteiger partial charge in [0.1, 0.15) is 0 Å². The van der Waals surface area contributed by atoms with Gasteiger partial charge < -0.3 is 14.8 Å². The third-order valence-electron chi connectivity index (χ3n) is 3.51. The van der Waals surface area contributed by atoms with Crippen LogP contribution in [-0.4, -0.2) is 35.8 Å². The maximum absolute atomic E-state index is 11.3. The number of thioether (sulfide) groups is 1. The van der Waals surface area contributed by atoms with E-state index in [2.05, 4.69) is 4.90 Å². The third-order valence-corrected chi connectivity index (χ3v) is 5.02. The Kier molecular flexibility index (Phi) is 6.20. The van der Waals surface area contributed by atoms with E-state index < -0.39 is 11.2 Å². The number of halogens is 1. The van der Waals surface area contributed by atoms with E-state index in [0.717, 1.165) is 24.5 Å². The Hall–Kier alpha value is -0.710. The summed E-state index contributed by atoms with van der Waals surface area (Å²) < 4.78 is 0. The number of benzene rings is 1. The molecule has 1 heterocycles. The molecule has 0 N–H and O–H groups in total. The van der Waals surface area contributed by atoms with Crippen molar-refractivity contribution in [2.45, 2.75) is 35.8 Å². The van der Waals surface area contributed by atoms with Gasteiger partial charge in [-0.3, -0.25) is 0 Å². The number of rotatable bonds is 6. The maximum Gasteiger partial charge on any atom is 0.0548 e. The van der Waals surface area contributed by atoms with Crippen molar-refractivity contribution < 1.29 is 9.90 Å². The minimum Gasteiger partial charge on any atom is -0.549 e. The first-order valence-corrected chi connectivity index (χ1v) is 8.26. The van der Waals surface area contributed by atoms with E-state index in [1.54, 1.807) is 12.1 Å². The lowest BCUT2D eigenvalue weighted by Crippen LogP contribution is -2.38. The fourth-order valence-electron chi connectivity index (χ4n) is 2.39. The van der Waals surface area contributed by atoms with Crippen LogP contribution in [0.25, 0.3) is 0 Å². The molecule has 0 spiro atoms. The van der Waals surface area contributed by atoms with E-state index in [4.69, 9.17) is 11.6 Å². The van der Waals surface area contributed by atoms with Gasteiger partial charge >= 0.3 is 0 Å². The Morgan fingerprint density at radius 2 is 1.90 bits per heavy atom. The molecule has 1 saturated heterocycles. The number of carboxylic acids is 1. The van der Waals surface area contributed by atoms with Crippen LogP contribution in [-0.2, 0) is 4.79 Å². The number of hydrogen-bond donors (Lipinski definition) is 0. The highest BCUT2D eigenvalue weighted by molar-refractivity contribution is 8.00. The first-order chi connectivity index (χ1) is 9.65. The van der Waals surface area contributed by atoms with E-state index in [1.165, 1.54) is 31.0 Å². The molecule has 110 valence electrons. The monoisotopic (exact) mass is 312 g/mol. The van der Waals surface area contributed by atoms with Crippen molar-refractivity contribution in [1.82, 2.24) is 4.90 Å². The minimum atomic E-state index is -0.984. The number of piperidine rings is 1. The van der Waals surface area contributed by atoms with Crippen molar-refractivity contribution in [2.24, 2.45) is 0 Å². The van der Waals surface area contributed by atoms with Crippen molar-refractivity contribution in [3.63, 3.8) is 0 Å². The summed E-state index contributed by atoms with van der Waals surface area (Å²) in [5, 5.41) is 11.4. The summed E-state index contributed by atoms with van der Waals surface area (Å²) in [5.41, 5.74) is 0. The van der Waals surface area contributed by atoms with Gasteiger partial charge in [-0.25, -0.2) is 0 Å². The number of hydrogen-bond acceptors (Lipinski definition) is 4. The lowest BCUT2D eigenvalue weighted by molar-refractivity contribution is -0.304. The van der Waals surface area contributed by atoms with E-state index in [-0.39, 0.29) is 0 Å². The van der Waals surface area contributed by atoms with Crippen molar-refractivity contribution >= 4 is 29.3 Å². The summed E-state index contributed by atoms with van der Waals surface area (Å²) in [5.74, 6) is -0.984. The number of carboxylic acid groups (broad SMARTS) is 1. The second-order valence-corrected chi connectivity index (χ2v) is 6.78. The number of carbonyl (C=O) groups excluding carboxylic acids is 1. The van der Waals surface area contributed by atoms with Crippen LogP contribution in [0.3, 0.4) is 0 Å². The Balaban J connectivity index is 1.86. The van der Waals surface area contributed by atoms with Gasteiger partial charge in [-0.1, -0.05) is 18.0 Å². The zero-order valence-electron chi connectivity index (χ0n) is 11.4. The predicted molar refractivity (Wildman–Crippen MR) is 81.0 cm³/mol. The van der Waals surface area contributed by atoms with E-state index in [9.17, 15) is 9.90 Å². The van der Waals surface area contributed by atoms with Gasteiger partial charge in [0, 0.05) is 9.92 Å². The van der Waals surface area contributed by atoms with Crippen LogP contribution >= 0.6 is 23.4 Å². The SMILES string of the molecule is O=C([O-])C(CCN1CCCCC1)Sc1ccc(Cl)cc1. The minimum absolute atomic E-state index is 0.502. The van der Waals surface area contributed by atoms with Crippen molar-refractivity contribution in [3.8, 4) is 0 Å². The molecule has 20 heavy (non-hydrogen) atoms. The fourth-order valence-corrected chi connectivity index (χ4v) is 3.45. The highest BCUT2D eigenvalue weighted by Crippen LogP contribution is 2.27. The molecule has 1 atom stereocenters. The summed E-state index contributed by atoms with van der Waals surface area (Å²) >= 11 is 7.18. The van der Waals surface area contributed by atoms with Crippen molar-refractivity contribution in [3.05, 3.63) is 29.3 Å². The fraction of sp³-hybridized carbons (Fsp3) is 0.533. The Bertz CT molecular complexity index is 432. The first-order valence-electron chi connectivity index (χ1n) is 7.00. The molecule has 2 rings (SSSR count). The van der Waals surface area contributed by atoms with E-state index in [0.29, 0.717) is 11.4 Å². The zero-order chi connectivity index (χ0) is 14.4. The van der Waals surface area contributed by atoms with Crippen LogP contribution in [0.2, 0.25) is 5.02 Å². The second-order valence-electron chi connectivity index (χ2n) is 5.07. The lowest BCUT2D eigenvalue weighted by atomic mass is 10.1. The predicted octanol–water partition coefficient (Wildman–Crippen LogP) is 2.43. The van der Waals surface area contributed by atoms with Gasteiger partial charge in [-0.15, -0.1) is 11.8 Å². The average Bonchev–Trinajstić information content (AvgIpc) is 2.46. The van der Waals surface area contributed by atoms with Crippen molar-refractivity contribution in [2.75, 3.05) is 19.6 Å². The highest BCUT2D eigenvalue weighted by Gasteiger charge is 2.16. The van der Waals surface area contributed by atoms with Crippen LogP contribution in [0.1, 0.15) is 25.7 Å². The van der Waals surface area contributed by atoms with E-state index >= 15 is 0 Å². The lowest BCUT2D eigenvalue weighted by Gasteiger charge is -2.28. The number of likely N-dealkylation sites (tertiary alicyclic amines) is 1. The van der Waals surface area contributed by atoms with Crippen LogP contribution in [0, 0.1) is 0 Å². The molecule has 5 heteroatoms. The van der Waals surface area contributed by atoms with Crippen LogP contribution in [0.4, 0.5) is 0 Å². The molecule has 1 aromatic carbocycles. The molecule has 0 radical (unpaired) electrons. The van der Waals surface area contributed by atoms with Crippen LogP contribution in [0.15, 0.2) is 29.2 Å². The first kappa shape index (κ1) is 15.7. The molecule has 0 saturated carbocycles. The van der Waals surface area contributed by atoms with Crippen molar-refractivity contribution in [1.29, 1.82) is 0 Å². The standard InChI is InChI=1S/C15H20ClNO2S/c16-12-4-6-13(7-5-12)20-14(15(18)19)8-11-17-9-2-1-3-10-17/h4-7,14H,1-3,8-11H2,(H,18,19)/p-1. The molecule has 0 aromatic heterocycles. The summed E-state index contributed by atoms with van der Waals surface area (Å²) in [6.07, 6.45) is 4.36. The molecular formula is C15H19ClNO2S-. The summed E-state index contributed by atoms with van der Waals surface area (Å²) in [6, 6.07) is 7.26. The Labute approximate surface area is 129 Å². The van der Waals surface area contributed by atoms with Gasteiger partial charge in [0.25, 0.3) is 0 Å².